The molecule has 0 unspecified atom stereocenters. The second-order valence-electron chi connectivity index (χ2n) is 8.56. The van der Waals surface area contributed by atoms with E-state index >= 15 is 0 Å². The van der Waals surface area contributed by atoms with Crippen LogP contribution in [-0.2, 0) is 21.2 Å². The Kier molecular flexibility index (Phi) is 7.47. The third-order valence-corrected chi connectivity index (χ3v) is 8.29. The summed E-state index contributed by atoms with van der Waals surface area (Å²) < 4.78 is 33.3. The minimum absolute atomic E-state index is 0.120. The Hall–Kier alpha value is -2.59. The number of ether oxygens (including phenoxy) is 1. The van der Waals surface area contributed by atoms with Crippen molar-refractivity contribution in [3.63, 3.8) is 0 Å². The molecule has 1 fully saturated rings. The van der Waals surface area contributed by atoms with E-state index in [1.165, 1.54) is 16.4 Å². The van der Waals surface area contributed by atoms with Crippen molar-refractivity contribution < 1.29 is 17.9 Å². The Labute approximate surface area is 204 Å². The van der Waals surface area contributed by atoms with Crippen molar-refractivity contribution in [1.82, 2.24) is 14.6 Å². The van der Waals surface area contributed by atoms with Crippen LogP contribution >= 0.6 is 11.3 Å². The number of carbonyl (C=O) groups excluding carboxylic acids is 1. The lowest BCUT2D eigenvalue weighted by molar-refractivity contribution is -0.0440. The molecule has 1 amide bonds. The molecule has 4 rings (SSSR count). The molecule has 1 aliphatic rings. The van der Waals surface area contributed by atoms with Gasteiger partial charge in [-0.05, 0) is 51.0 Å². The highest BCUT2D eigenvalue weighted by Gasteiger charge is 2.32. The van der Waals surface area contributed by atoms with E-state index in [9.17, 15) is 13.2 Å². The van der Waals surface area contributed by atoms with Crippen LogP contribution in [0.25, 0.3) is 11.3 Å². The van der Waals surface area contributed by atoms with Gasteiger partial charge in [0.15, 0.2) is 0 Å². The van der Waals surface area contributed by atoms with Crippen molar-refractivity contribution in [1.29, 1.82) is 0 Å². The SMILES string of the molecule is Cc1nc(-c2ccc(CCNC(=O)c3cccc(S(=O)(=O)N4C[C@H](C)O[C@@H](C)C4)c3)cc2)cs1. The summed E-state index contributed by atoms with van der Waals surface area (Å²) in [6, 6.07) is 14.3. The maximum absolute atomic E-state index is 13.1. The fourth-order valence-electron chi connectivity index (χ4n) is 4.03. The number of morpholine rings is 1. The van der Waals surface area contributed by atoms with Crippen LogP contribution in [0.4, 0.5) is 0 Å². The molecule has 3 aromatic rings. The van der Waals surface area contributed by atoms with Gasteiger partial charge >= 0.3 is 0 Å². The molecule has 1 aliphatic heterocycles. The molecule has 0 aliphatic carbocycles. The summed E-state index contributed by atoms with van der Waals surface area (Å²) in [5.74, 6) is -0.296. The largest absolute Gasteiger partial charge is 0.373 e. The molecule has 0 saturated carbocycles. The van der Waals surface area contributed by atoms with E-state index in [1.807, 2.05) is 50.4 Å². The first-order valence-electron chi connectivity index (χ1n) is 11.3. The molecule has 2 heterocycles. The average Bonchev–Trinajstić information content (AvgIpc) is 3.25. The fourth-order valence-corrected chi connectivity index (χ4v) is 6.29. The van der Waals surface area contributed by atoms with Crippen LogP contribution in [0, 0.1) is 6.92 Å². The molecule has 0 spiro atoms. The molecular weight excluding hydrogens is 470 g/mol. The Bertz CT molecular complexity index is 1250. The normalized spacial score (nSPS) is 19.1. The van der Waals surface area contributed by atoms with Gasteiger partial charge < -0.3 is 10.1 Å². The van der Waals surface area contributed by atoms with Crippen LogP contribution in [0.15, 0.2) is 58.8 Å². The quantitative estimate of drug-likeness (QED) is 0.533. The first-order chi connectivity index (χ1) is 16.2. The summed E-state index contributed by atoms with van der Waals surface area (Å²) in [5.41, 5.74) is 3.46. The number of aryl methyl sites for hydroxylation is 1. The summed E-state index contributed by atoms with van der Waals surface area (Å²) in [6.07, 6.45) is 0.318. The van der Waals surface area contributed by atoms with Gasteiger partial charge in [0.2, 0.25) is 10.0 Å². The van der Waals surface area contributed by atoms with Crippen molar-refractivity contribution in [2.45, 2.75) is 44.3 Å². The standard InChI is InChI=1S/C25H29N3O4S2/c1-17-14-28(15-18(2)32-17)34(30,31)23-6-4-5-22(13-23)25(29)26-12-11-20-7-9-21(10-8-20)24-16-33-19(3)27-24/h4-10,13,16-18H,11-12,14-15H2,1-3H3,(H,26,29)/t17-,18-/m0/s1. The summed E-state index contributed by atoms with van der Waals surface area (Å²) >= 11 is 1.62. The number of thiazole rings is 1. The average molecular weight is 500 g/mol. The zero-order valence-corrected chi connectivity index (χ0v) is 21.2. The van der Waals surface area contributed by atoms with E-state index < -0.39 is 10.0 Å². The van der Waals surface area contributed by atoms with Crippen LogP contribution < -0.4 is 5.32 Å². The molecule has 34 heavy (non-hydrogen) atoms. The maximum atomic E-state index is 13.1. The topological polar surface area (TPSA) is 88.6 Å². The van der Waals surface area contributed by atoms with E-state index in [1.54, 1.807) is 23.5 Å². The Morgan fingerprint density at radius 1 is 1.15 bits per heavy atom. The highest BCUT2D eigenvalue weighted by atomic mass is 32.2. The van der Waals surface area contributed by atoms with Crippen LogP contribution in [0.3, 0.4) is 0 Å². The molecule has 1 aromatic heterocycles. The summed E-state index contributed by atoms with van der Waals surface area (Å²) in [7, 11) is -3.70. The molecule has 2 atom stereocenters. The van der Waals surface area contributed by atoms with E-state index in [-0.39, 0.29) is 23.0 Å². The second kappa shape index (κ2) is 10.4. The molecule has 0 bridgehead atoms. The van der Waals surface area contributed by atoms with Crippen molar-refractivity contribution in [3.05, 3.63) is 70.0 Å². The highest BCUT2D eigenvalue weighted by Crippen LogP contribution is 2.23. The second-order valence-corrected chi connectivity index (χ2v) is 11.6. The first kappa shape index (κ1) is 24.5. The molecule has 1 saturated heterocycles. The Morgan fingerprint density at radius 2 is 1.85 bits per heavy atom. The number of sulfonamides is 1. The van der Waals surface area contributed by atoms with Gasteiger partial charge in [0.05, 0.1) is 27.8 Å². The third-order valence-electron chi connectivity index (χ3n) is 5.69. The highest BCUT2D eigenvalue weighted by molar-refractivity contribution is 7.89. The number of rotatable bonds is 7. The van der Waals surface area contributed by atoms with Crippen LogP contribution in [0.5, 0.6) is 0 Å². The number of carbonyl (C=O) groups is 1. The van der Waals surface area contributed by atoms with Crippen LogP contribution in [-0.4, -0.2) is 55.5 Å². The first-order valence-corrected chi connectivity index (χ1v) is 13.6. The Balaban J connectivity index is 1.36. The lowest BCUT2D eigenvalue weighted by Crippen LogP contribution is -2.48. The number of aromatic nitrogens is 1. The van der Waals surface area contributed by atoms with Crippen LogP contribution in [0.2, 0.25) is 0 Å². The smallest absolute Gasteiger partial charge is 0.251 e. The number of hydrogen-bond acceptors (Lipinski definition) is 6. The van der Waals surface area contributed by atoms with E-state index in [0.29, 0.717) is 31.6 Å². The number of nitrogens with one attached hydrogen (secondary N) is 1. The predicted octanol–water partition coefficient (Wildman–Crippen LogP) is 3.89. The molecule has 2 aromatic carbocycles. The number of benzene rings is 2. The number of hydrogen-bond donors (Lipinski definition) is 1. The van der Waals surface area contributed by atoms with Crippen molar-refractivity contribution in [2.24, 2.45) is 0 Å². The van der Waals surface area contributed by atoms with Gasteiger partial charge in [-0.1, -0.05) is 30.3 Å². The molecular formula is C25H29N3O4S2. The van der Waals surface area contributed by atoms with Gasteiger partial charge in [-0.15, -0.1) is 11.3 Å². The molecule has 1 N–H and O–H groups in total. The lowest BCUT2D eigenvalue weighted by Gasteiger charge is -2.34. The van der Waals surface area contributed by atoms with Gasteiger partial charge in [0, 0.05) is 36.1 Å². The van der Waals surface area contributed by atoms with E-state index in [0.717, 1.165) is 21.8 Å². The minimum Gasteiger partial charge on any atom is -0.373 e. The summed E-state index contributed by atoms with van der Waals surface area (Å²) in [6.45, 7) is 6.74. The van der Waals surface area contributed by atoms with Crippen molar-refractivity contribution >= 4 is 27.3 Å². The monoisotopic (exact) mass is 499 g/mol. The number of amides is 1. The van der Waals surface area contributed by atoms with Gasteiger partial charge in [-0.2, -0.15) is 4.31 Å². The Morgan fingerprint density at radius 3 is 2.50 bits per heavy atom. The van der Waals surface area contributed by atoms with E-state index in [2.05, 4.69) is 10.3 Å². The number of nitrogens with zero attached hydrogens (tertiary/aromatic N) is 2. The fraction of sp³-hybridized carbons (Fsp3) is 0.360. The molecule has 0 radical (unpaired) electrons. The van der Waals surface area contributed by atoms with Gasteiger partial charge in [-0.3, -0.25) is 4.79 Å². The van der Waals surface area contributed by atoms with Crippen molar-refractivity contribution in [3.8, 4) is 11.3 Å². The van der Waals surface area contributed by atoms with Crippen LogP contribution in [0.1, 0.15) is 34.8 Å². The van der Waals surface area contributed by atoms with Crippen molar-refractivity contribution in [2.75, 3.05) is 19.6 Å². The van der Waals surface area contributed by atoms with Gasteiger partial charge in [-0.25, -0.2) is 13.4 Å². The molecule has 7 nitrogen and oxygen atoms in total. The summed E-state index contributed by atoms with van der Waals surface area (Å²) in [4.78, 5) is 17.3. The van der Waals surface area contributed by atoms with Gasteiger partial charge in [0.1, 0.15) is 0 Å². The summed E-state index contributed by atoms with van der Waals surface area (Å²) in [5, 5.41) is 5.97. The van der Waals surface area contributed by atoms with Gasteiger partial charge in [0.25, 0.3) is 5.91 Å². The molecule has 9 heteroatoms. The predicted molar refractivity (Wildman–Crippen MR) is 134 cm³/mol. The molecule has 180 valence electrons. The minimum atomic E-state index is -3.70. The zero-order valence-electron chi connectivity index (χ0n) is 19.5. The lowest BCUT2D eigenvalue weighted by atomic mass is 10.1. The van der Waals surface area contributed by atoms with E-state index in [4.69, 9.17) is 4.74 Å². The zero-order chi connectivity index (χ0) is 24.3. The third kappa shape index (κ3) is 5.72. The maximum Gasteiger partial charge on any atom is 0.251 e.